The molecule has 0 spiro atoms. The minimum absolute atomic E-state index is 0.202. The number of carbonyl (C=O) groups is 1. The summed E-state index contributed by atoms with van der Waals surface area (Å²) in [4.78, 5) is 14.2. The van der Waals surface area contributed by atoms with Crippen molar-refractivity contribution in [3.63, 3.8) is 0 Å². The maximum Gasteiger partial charge on any atom is 0.320 e. The van der Waals surface area contributed by atoms with Crippen LogP contribution >= 0.6 is 0 Å². The highest BCUT2D eigenvalue weighted by atomic mass is 16.5. The molecule has 32 heavy (non-hydrogen) atoms. The number of piperidine rings is 1. The van der Waals surface area contributed by atoms with Crippen molar-refractivity contribution in [2.45, 2.75) is 38.0 Å². The van der Waals surface area contributed by atoms with Crippen LogP contribution in [0.3, 0.4) is 0 Å². The van der Waals surface area contributed by atoms with Gasteiger partial charge in [0.25, 0.3) is 0 Å². The molecule has 0 radical (unpaired) electrons. The van der Waals surface area contributed by atoms with Crippen LogP contribution in [0.15, 0.2) is 78.9 Å². The Bertz CT molecular complexity index is 1040. The van der Waals surface area contributed by atoms with E-state index in [1.54, 1.807) is 7.11 Å². The summed E-state index contributed by atoms with van der Waals surface area (Å²) in [6.07, 6.45) is 2.56. The van der Waals surface area contributed by atoms with Gasteiger partial charge in [-0.25, -0.2) is 0 Å². The lowest BCUT2D eigenvalue weighted by atomic mass is 9.91. The van der Waals surface area contributed by atoms with Gasteiger partial charge in [0.1, 0.15) is 24.1 Å². The second-order valence-electron chi connectivity index (χ2n) is 8.11. The average molecular weight is 432 g/mol. The molecule has 166 valence electrons. The van der Waals surface area contributed by atoms with Gasteiger partial charge in [0.05, 0.1) is 13.2 Å². The molecule has 0 saturated carbocycles. The molecular formula is C27H29NO4. The van der Waals surface area contributed by atoms with Crippen LogP contribution in [0.4, 0.5) is 0 Å². The van der Waals surface area contributed by atoms with Crippen LogP contribution in [-0.4, -0.2) is 35.7 Å². The van der Waals surface area contributed by atoms with Crippen molar-refractivity contribution in [1.82, 2.24) is 4.90 Å². The van der Waals surface area contributed by atoms with Crippen LogP contribution in [0, 0.1) is 0 Å². The second-order valence-corrected chi connectivity index (χ2v) is 8.11. The first kappa shape index (κ1) is 21.9. The fraction of sp³-hybridized carbons (Fsp3) is 0.296. The Labute approximate surface area is 189 Å². The zero-order valence-corrected chi connectivity index (χ0v) is 18.3. The molecular weight excluding hydrogens is 402 g/mol. The fourth-order valence-electron chi connectivity index (χ4n) is 4.43. The topological polar surface area (TPSA) is 59.0 Å². The summed E-state index contributed by atoms with van der Waals surface area (Å²) in [5, 5.41) is 9.93. The van der Waals surface area contributed by atoms with E-state index < -0.39 is 12.0 Å². The molecule has 1 heterocycles. The van der Waals surface area contributed by atoms with Crippen molar-refractivity contribution in [1.29, 1.82) is 0 Å². The number of nitrogens with zero attached hydrogens (tertiary/aromatic N) is 1. The van der Waals surface area contributed by atoms with Crippen molar-refractivity contribution >= 4 is 5.97 Å². The maximum atomic E-state index is 12.1. The number of benzene rings is 3. The van der Waals surface area contributed by atoms with E-state index >= 15 is 0 Å². The van der Waals surface area contributed by atoms with E-state index in [9.17, 15) is 9.90 Å². The Balaban J connectivity index is 1.68. The number of methoxy groups -OCH3 is 1. The van der Waals surface area contributed by atoms with Gasteiger partial charge in [-0.1, -0.05) is 61.0 Å². The third kappa shape index (κ3) is 5.11. The van der Waals surface area contributed by atoms with Crippen molar-refractivity contribution in [2.75, 3.05) is 13.7 Å². The number of ether oxygens (including phenoxy) is 2. The molecule has 1 aliphatic rings. The van der Waals surface area contributed by atoms with Crippen LogP contribution < -0.4 is 9.47 Å². The Morgan fingerprint density at radius 1 is 0.969 bits per heavy atom. The molecule has 4 rings (SSSR count). The highest BCUT2D eigenvalue weighted by molar-refractivity contribution is 5.73. The summed E-state index contributed by atoms with van der Waals surface area (Å²) in [7, 11) is 1.65. The number of carboxylic acids is 1. The number of likely N-dealkylation sites (tertiary alicyclic amines) is 1. The highest BCUT2D eigenvalue weighted by Crippen LogP contribution is 2.36. The van der Waals surface area contributed by atoms with Gasteiger partial charge in [-0.2, -0.15) is 0 Å². The minimum atomic E-state index is -0.769. The van der Waals surface area contributed by atoms with Crippen LogP contribution in [0.5, 0.6) is 11.5 Å². The summed E-state index contributed by atoms with van der Waals surface area (Å²) in [6.45, 7) is 1.21. The van der Waals surface area contributed by atoms with Gasteiger partial charge >= 0.3 is 5.97 Å². The molecule has 3 aromatic carbocycles. The van der Waals surface area contributed by atoms with Crippen molar-refractivity contribution < 1.29 is 19.4 Å². The number of carboxylic acid groups (broad SMARTS) is 1. The van der Waals surface area contributed by atoms with Gasteiger partial charge in [0, 0.05) is 0 Å². The first-order chi connectivity index (χ1) is 15.7. The Kier molecular flexibility index (Phi) is 7.07. The SMILES string of the molecule is COc1cccc(C(c2cccc(OCc3ccccc3)c2)N2CCCCC2C(=O)O)c1. The van der Waals surface area contributed by atoms with Crippen LogP contribution in [-0.2, 0) is 11.4 Å². The van der Waals surface area contributed by atoms with E-state index in [0.29, 0.717) is 13.0 Å². The first-order valence-electron chi connectivity index (χ1n) is 11.0. The second kappa shape index (κ2) is 10.3. The molecule has 0 aromatic heterocycles. The van der Waals surface area contributed by atoms with E-state index in [2.05, 4.69) is 4.90 Å². The fourth-order valence-corrected chi connectivity index (χ4v) is 4.43. The molecule has 0 aliphatic carbocycles. The van der Waals surface area contributed by atoms with Crippen LogP contribution in [0.1, 0.15) is 42.0 Å². The first-order valence-corrected chi connectivity index (χ1v) is 11.0. The lowest BCUT2D eigenvalue weighted by Gasteiger charge is -2.39. The molecule has 1 saturated heterocycles. The monoisotopic (exact) mass is 431 g/mol. The average Bonchev–Trinajstić information content (AvgIpc) is 2.84. The van der Waals surface area contributed by atoms with Gasteiger partial charge in [0.2, 0.25) is 0 Å². The molecule has 5 nitrogen and oxygen atoms in total. The zero-order valence-electron chi connectivity index (χ0n) is 18.3. The molecule has 0 amide bonds. The third-order valence-electron chi connectivity index (χ3n) is 5.99. The molecule has 0 bridgehead atoms. The Morgan fingerprint density at radius 2 is 1.66 bits per heavy atom. The summed E-state index contributed by atoms with van der Waals surface area (Å²) >= 11 is 0. The van der Waals surface area contributed by atoms with Crippen molar-refractivity contribution in [3.05, 3.63) is 95.6 Å². The zero-order chi connectivity index (χ0) is 22.3. The predicted molar refractivity (Wildman–Crippen MR) is 124 cm³/mol. The summed E-state index contributed by atoms with van der Waals surface area (Å²) in [5.74, 6) is 0.755. The molecule has 2 unspecified atom stereocenters. The quantitative estimate of drug-likeness (QED) is 0.524. The molecule has 2 atom stereocenters. The Hall–Kier alpha value is -3.31. The standard InChI is InChI=1S/C27H29NO4/c1-31-23-13-7-11-21(17-23)26(28-16-6-5-15-25(28)27(29)30)22-12-8-14-24(18-22)32-19-20-9-3-2-4-10-20/h2-4,7-14,17-18,25-26H,5-6,15-16,19H2,1H3,(H,29,30). The summed E-state index contributed by atoms with van der Waals surface area (Å²) in [5.41, 5.74) is 3.12. The summed E-state index contributed by atoms with van der Waals surface area (Å²) < 4.78 is 11.5. The van der Waals surface area contributed by atoms with Gasteiger partial charge in [-0.15, -0.1) is 0 Å². The summed E-state index contributed by atoms with van der Waals surface area (Å²) in [6, 6.07) is 25.2. The molecule has 1 N–H and O–H groups in total. The number of hydrogen-bond donors (Lipinski definition) is 1. The normalized spacial score (nSPS) is 17.5. The van der Waals surface area contributed by atoms with E-state index in [4.69, 9.17) is 9.47 Å². The maximum absolute atomic E-state index is 12.1. The van der Waals surface area contributed by atoms with Gasteiger partial charge in [-0.05, 0) is 60.3 Å². The number of hydrogen-bond acceptors (Lipinski definition) is 4. The number of rotatable bonds is 8. The van der Waals surface area contributed by atoms with Gasteiger partial charge in [-0.3, -0.25) is 9.69 Å². The molecule has 3 aromatic rings. The Morgan fingerprint density at radius 3 is 2.34 bits per heavy atom. The van der Waals surface area contributed by atoms with Gasteiger partial charge in [0.15, 0.2) is 0 Å². The lowest BCUT2D eigenvalue weighted by Crippen LogP contribution is -2.46. The van der Waals surface area contributed by atoms with Crippen LogP contribution in [0.2, 0.25) is 0 Å². The predicted octanol–water partition coefficient (Wildman–Crippen LogP) is 5.30. The molecule has 1 aliphatic heterocycles. The van der Waals surface area contributed by atoms with Crippen LogP contribution in [0.25, 0.3) is 0 Å². The smallest absolute Gasteiger partial charge is 0.320 e. The highest BCUT2D eigenvalue weighted by Gasteiger charge is 2.35. The van der Waals surface area contributed by atoms with Crippen molar-refractivity contribution in [3.8, 4) is 11.5 Å². The largest absolute Gasteiger partial charge is 0.497 e. The van der Waals surface area contributed by atoms with Crippen molar-refractivity contribution in [2.24, 2.45) is 0 Å². The van der Waals surface area contributed by atoms with E-state index in [-0.39, 0.29) is 6.04 Å². The lowest BCUT2D eigenvalue weighted by molar-refractivity contribution is -0.145. The van der Waals surface area contributed by atoms with E-state index in [0.717, 1.165) is 47.6 Å². The third-order valence-corrected chi connectivity index (χ3v) is 5.99. The van der Waals surface area contributed by atoms with E-state index in [1.165, 1.54) is 0 Å². The van der Waals surface area contributed by atoms with E-state index in [1.807, 2.05) is 78.9 Å². The minimum Gasteiger partial charge on any atom is -0.497 e. The number of aliphatic carboxylic acids is 1. The molecule has 5 heteroatoms. The molecule has 1 fully saturated rings. The van der Waals surface area contributed by atoms with Gasteiger partial charge < -0.3 is 14.6 Å².